The molecular formula is C11H21NO2. The Kier molecular flexibility index (Phi) is 7.11. The molecule has 0 amide bonds. The van der Waals surface area contributed by atoms with Crippen LogP contribution in [0.1, 0.15) is 33.6 Å². The fraction of sp³-hybridized carbons (Fsp3) is 0.727. The van der Waals surface area contributed by atoms with Gasteiger partial charge in [0.15, 0.2) is 0 Å². The Balaban J connectivity index is 3.36. The van der Waals surface area contributed by atoms with Gasteiger partial charge in [0.05, 0.1) is 6.61 Å². The number of ether oxygens (including phenoxy) is 1. The van der Waals surface area contributed by atoms with Crippen molar-refractivity contribution in [2.45, 2.75) is 39.7 Å². The fourth-order valence-corrected chi connectivity index (χ4v) is 0.874. The van der Waals surface area contributed by atoms with Crippen molar-refractivity contribution in [1.82, 2.24) is 5.32 Å². The van der Waals surface area contributed by atoms with Crippen LogP contribution in [0, 0.1) is 0 Å². The van der Waals surface area contributed by atoms with Crippen molar-refractivity contribution in [2.75, 3.05) is 13.2 Å². The second kappa shape index (κ2) is 7.56. The first kappa shape index (κ1) is 13.2. The summed E-state index contributed by atoms with van der Waals surface area (Å²) in [7, 11) is 0. The van der Waals surface area contributed by atoms with Crippen LogP contribution in [-0.2, 0) is 9.53 Å². The lowest BCUT2D eigenvalue weighted by atomic mass is 10.2. The summed E-state index contributed by atoms with van der Waals surface area (Å²) < 4.78 is 5.00. The van der Waals surface area contributed by atoms with Crippen molar-refractivity contribution in [3.8, 4) is 0 Å². The summed E-state index contributed by atoms with van der Waals surface area (Å²) >= 11 is 0. The minimum absolute atomic E-state index is 0.267. The van der Waals surface area contributed by atoms with Crippen LogP contribution in [0.15, 0.2) is 12.2 Å². The largest absolute Gasteiger partial charge is 0.462 e. The van der Waals surface area contributed by atoms with Crippen molar-refractivity contribution in [1.29, 1.82) is 0 Å². The van der Waals surface area contributed by atoms with Gasteiger partial charge in [-0.1, -0.05) is 27.4 Å². The quantitative estimate of drug-likeness (QED) is 0.386. The van der Waals surface area contributed by atoms with Crippen molar-refractivity contribution in [2.24, 2.45) is 0 Å². The Labute approximate surface area is 86.5 Å². The maximum absolute atomic E-state index is 11.1. The smallest absolute Gasteiger partial charge is 0.333 e. The maximum atomic E-state index is 11.1. The van der Waals surface area contributed by atoms with E-state index in [0.717, 1.165) is 13.0 Å². The number of carbonyl (C=O) groups excluding carboxylic acids is 1. The molecule has 0 aromatic rings. The van der Waals surface area contributed by atoms with Gasteiger partial charge in [-0.25, -0.2) is 4.79 Å². The van der Waals surface area contributed by atoms with Crippen LogP contribution in [0.2, 0.25) is 0 Å². The topological polar surface area (TPSA) is 38.3 Å². The van der Waals surface area contributed by atoms with E-state index >= 15 is 0 Å². The van der Waals surface area contributed by atoms with Crippen LogP contribution in [0.3, 0.4) is 0 Å². The molecule has 0 bridgehead atoms. The van der Waals surface area contributed by atoms with Crippen LogP contribution in [0.5, 0.6) is 0 Å². The number of nitrogens with one attached hydrogen (secondary N) is 1. The third-order valence-corrected chi connectivity index (χ3v) is 1.82. The van der Waals surface area contributed by atoms with E-state index in [2.05, 4.69) is 25.7 Å². The van der Waals surface area contributed by atoms with Crippen molar-refractivity contribution < 1.29 is 9.53 Å². The second-order valence-corrected chi connectivity index (χ2v) is 3.56. The molecular weight excluding hydrogens is 178 g/mol. The molecule has 0 rings (SSSR count). The van der Waals surface area contributed by atoms with E-state index in [4.69, 9.17) is 4.74 Å². The Hall–Kier alpha value is -0.830. The molecule has 0 atom stereocenters. The standard InChI is InChI=1S/C11H21NO2/c1-5-10(4)11(13)14-8-6-7-12-9(2)3/h9,12H,4-8H2,1-3H3. The lowest BCUT2D eigenvalue weighted by Crippen LogP contribution is -2.24. The fourth-order valence-electron chi connectivity index (χ4n) is 0.874. The van der Waals surface area contributed by atoms with Gasteiger partial charge in [0.25, 0.3) is 0 Å². The van der Waals surface area contributed by atoms with Crippen molar-refractivity contribution in [3.63, 3.8) is 0 Å². The summed E-state index contributed by atoms with van der Waals surface area (Å²) in [6, 6.07) is 0.483. The van der Waals surface area contributed by atoms with Crippen LogP contribution in [0.25, 0.3) is 0 Å². The lowest BCUT2D eigenvalue weighted by Gasteiger charge is -2.08. The Morgan fingerprint density at radius 1 is 1.50 bits per heavy atom. The normalized spacial score (nSPS) is 10.3. The van der Waals surface area contributed by atoms with Crippen LogP contribution in [-0.4, -0.2) is 25.2 Å². The third-order valence-electron chi connectivity index (χ3n) is 1.82. The van der Waals surface area contributed by atoms with Gasteiger partial charge in [0.1, 0.15) is 0 Å². The zero-order valence-corrected chi connectivity index (χ0v) is 9.43. The molecule has 0 radical (unpaired) electrons. The molecule has 0 aliphatic heterocycles. The molecule has 14 heavy (non-hydrogen) atoms. The van der Waals surface area contributed by atoms with Crippen molar-refractivity contribution in [3.05, 3.63) is 12.2 Å². The molecule has 0 aliphatic carbocycles. The van der Waals surface area contributed by atoms with Gasteiger partial charge in [-0.05, 0) is 19.4 Å². The summed E-state index contributed by atoms with van der Waals surface area (Å²) in [4.78, 5) is 11.1. The van der Waals surface area contributed by atoms with E-state index in [9.17, 15) is 4.79 Å². The highest BCUT2D eigenvalue weighted by Crippen LogP contribution is 1.99. The molecule has 0 heterocycles. The minimum Gasteiger partial charge on any atom is -0.462 e. The van der Waals surface area contributed by atoms with E-state index in [1.807, 2.05) is 6.92 Å². The molecule has 0 fully saturated rings. The Morgan fingerprint density at radius 3 is 2.64 bits per heavy atom. The Bertz CT molecular complexity index is 188. The minimum atomic E-state index is -0.267. The molecule has 0 aromatic heterocycles. The Morgan fingerprint density at radius 2 is 2.14 bits per heavy atom. The van der Waals surface area contributed by atoms with E-state index in [1.54, 1.807) is 0 Å². The number of rotatable bonds is 7. The van der Waals surface area contributed by atoms with Gasteiger partial charge in [-0.15, -0.1) is 0 Å². The van der Waals surface area contributed by atoms with Gasteiger partial charge >= 0.3 is 5.97 Å². The summed E-state index contributed by atoms with van der Waals surface area (Å²) in [5, 5.41) is 3.25. The van der Waals surface area contributed by atoms with E-state index in [-0.39, 0.29) is 5.97 Å². The molecule has 0 saturated carbocycles. The molecule has 0 aliphatic rings. The molecule has 0 spiro atoms. The highest BCUT2D eigenvalue weighted by atomic mass is 16.5. The first-order chi connectivity index (χ1) is 6.57. The van der Waals surface area contributed by atoms with Gasteiger partial charge in [0.2, 0.25) is 0 Å². The summed E-state index contributed by atoms with van der Waals surface area (Å²) in [6.07, 6.45) is 1.50. The SMILES string of the molecule is C=C(CC)C(=O)OCCCNC(C)C. The maximum Gasteiger partial charge on any atom is 0.333 e. The average Bonchev–Trinajstić information content (AvgIpc) is 2.15. The predicted octanol–water partition coefficient (Wildman–Crippen LogP) is 1.88. The molecule has 1 N–H and O–H groups in total. The number of hydrogen-bond donors (Lipinski definition) is 1. The van der Waals surface area contributed by atoms with Crippen LogP contribution in [0.4, 0.5) is 0 Å². The molecule has 0 saturated heterocycles. The summed E-state index contributed by atoms with van der Waals surface area (Å²) in [5.41, 5.74) is 0.543. The second-order valence-electron chi connectivity index (χ2n) is 3.56. The van der Waals surface area contributed by atoms with Gasteiger partial charge in [-0.2, -0.15) is 0 Å². The predicted molar refractivity (Wildman–Crippen MR) is 58.1 cm³/mol. The van der Waals surface area contributed by atoms with Gasteiger partial charge in [-0.3, -0.25) is 0 Å². The summed E-state index contributed by atoms with van der Waals surface area (Å²) in [5.74, 6) is -0.267. The van der Waals surface area contributed by atoms with Crippen molar-refractivity contribution >= 4 is 5.97 Å². The van der Waals surface area contributed by atoms with Gasteiger partial charge < -0.3 is 10.1 Å². The molecule has 3 nitrogen and oxygen atoms in total. The zero-order chi connectivity index (χ0) is 11.0. The highest BCUT2D eigenvalue weighted by Gasteiger charge is 2.04. The first-order valence-corrected chi connectivity index (χ1v) is 5.16. The monoisotopic (exact) mass is 199 g/mol. The number of esters is 1. The van der Waals surface area contributed by atoms with E-state index in [0.29, 0.717) is 24.6 Å². The van der Waals surface area contributed by atoms with Crippen LogP contribution >= 0.6 is 0 Å². The third kappa shape index (κ3) is 6.66. The highest BCUT2D eigenvalue weighted by molar-refractivity contribution is 5.87. The van der Waals surface area contributed by atoms with E-state index < -0.39 is 0 Å². The molecule has 82 valence electrons. The molecule has 0 unspecified atom stereocenters. The lowest BCUT2D eigenvalue weighted by molar-refractivity contribution is -0.139. The number of carbonyl (C=O) groups is 1. The average molecular weight is 199 g/mol. The van der Waals surface area contributed by atoms with E-state index in [1.165, 1.54) is 0 Å². The first-order valence-electron chi connectivity index (χ1n) is 5.16. The van der Waals surface area contributed by atoms with Gasteiger partial charge in [0, 0.05) is 11.6 Å². The summed E-state index contributed by atoms with van der Waals surface area (Å²) in [6.45, 7) is 11.0. The zero-order valence-electron chi connectivity index (χ0n) is 9.43. The molecule has 3 heteroatoms. The number of hydrogen-bond acceptors (Lipinski definition) is 3. The van der Waals surface area contributed by atoms with Crippen LogP contribution < -0.4 is 5.32 Å². The molecule has 0 aromatic carbocycles.